The quantitative estimate of drug-likeness (QED) is 0.408. The Labute approximate surface area is 197 Å². The Morgan fingerprint density at radius 1 is 1.18 bits per heavy atom. The molecule has 0 saturated heterocycles. The van der Waals surface area contributed by atoms with E-state index in [0.717, 1.165) is 30.4 Å². The first-order valence-corrected chi connectivity index (χ1v) is 11.4. The van der Waals surface area contributed by atoms with Gasteiger partial charge < -0.3 is 20.3 Å². The fourth-order valence-corrected chi connectivity index (χ4v) is 3.43. The van der Waals surface area contributed by atoms with Crippen LogP contribution >= 0.6 is 0 Å². The zero-order chi connectivity index (χ0) is 25.2. The summed E-state index contributed by atoms with van der Waals surface area (Å²) in [5, 5.41) is 14.9. The van der Waals surface area contributed by atoms with Gasteiger partial charge in [0.2, 0.25) is 11.8 Å². The maximum absolute atomic E-state index is 13.3. The minimum absolute atomic E-state index is 0.306. The minimum Gasteiger partial charge on any atom is -0.444 e. The van der Waals surface area contributed by atoms with Gasteiger partial charge in [0.1, 0.15) is 24.2 Å². The molecule has 2 N–H and O–H groups in total. The predicted octanol–water partition coefficient (Wildman–Crippen LogP) is 3.92. The van der Waals surface area contributed by atoms with Gasteiger partial charge in [-0.2, -0.15) is 5.26 Å². The number of carbonyl (C=O) groups is 3. The van der Waals surface area contributed by atoms with Crippen LogP contribution in [0.2, 0.25) is 0 Å². The van der Waals surface area contributed by atoms with Gasteiger partial charge in [-0.3, -0.25) is 9.59 Å². The van der Waals surface area contributed by atoms with Gasteiger partial charge in [0, 0.05) is 6.54 Å². The van der Waals surface area contributed by atoms with Crippen molar-refractivity contribution in [1.29, 1.82) is 5.26 Å². The van der Waals surface area contributed by atoms with Crippen LogP contribution in [0.5, 0.6) is 0 Å². The summed E-state index contributed by atoms with van der Waals surface area (Å²) in [7, 11) is 0. The fourth-order valence-electron chi connectivity index (χ4n) is 3.43. The molecule has 0 aliphatic heterocycles. The molecule has 8 nitrogen and oxygen atoms in total. The lowest BCUT2D eigenvalue weighted by Crippen LogP contribution is -2.52. The van der Waals surface area contributed by atoms with Crippen LogP contribution in [-0.4, -0.2) is 47.5 Å². The highest BCUT2D eigenvalue weighted by molar-refractivity contribution is 5.92. The summed E-state index contributed by atoms with van der Waals surface area (Å²) >= 11 is 0. The molecule has 8 heteroatoms. The zero-order valence-corrected chi connectivity index (χ0v) is 20.9. The first-order valence-electron chi connectivity index (χ1n) is 11.4. The van der Waals surface area contributed by atoms with Crippen LogP contribution in [0.4, 0.5) is 4.79 Å². The Bertz CT molecular complexity index is 870. The number of hydrogen-bond donors (Lipinski definition) is 2. The second-order valence-electron chi connectivity index (χ2n) is 9.25. The molecule has 182 valence electrons. The highest BCUT2D eigenvalue weighted by Crippen LogP contribution is 2.26. The van der Waals surface area contributed by atoms with Crippen LogP contribution < -0.4 is 10.6 Å². The topological polar surface area (TPSA) is 112 Å². The van der Waals surface area contributed by atoms with Crippen LogP contribution in [0.25, 0.3) is 0 Å². The summed E-state index contributed by atoms with van der Waals surface area (Å²) in [5.41, 5.74) is 1.78. The van der Waals surface area contributed by atoms with E-state index in [1.807, 2.05) is 38.1 Å². The number of nitriles is 1. The van der Waals surface area contributed by atoms with E-state index in [9.17, 15) is 19.6 Å². The third-order valence-electron chi connectivity index (χ3n) is 4.99. The summed E-state index contributed by atoms with van der Waals surface area (Å²) in [6, 6.07) is 5.62. The number of unbranched alkanes of at least 4 members (excludes halogenated alkanes) is 2. The summed E-state index contributed by atoms with van der Waals surface area (Å²) < 4.78 is 5.23. The van der Waals surface area contributed by atoms with Crippen molar-refractivity contribution in [3.63, 3.8) is 0 Å². The molecule has 1 aromatic rings. The van der Waals surface area contributed by atoms with Crippen LogP contribution in [0, 0.1) is 25.2 Å². The molecule has 1 aromatic carbocycles. The number of carbonyl (C=O) groups excluding carboxylic acids is 3. The van der Waals surface area contributed by atoms with Crippen LogP contribution in [0.3, 0.4) is 0 Å². The van der Waals surface area contributed by atoms with E-state index in [0.29, 0.717) is 12.1 Å². The maximum Gasteiger partial charge on any atom is 0.408 e. The highest BCUT2D eigenvalue weighted by atomic mass is 16.6. The van der Waals surface area contributed by atoms with E-state index in [4.69, 9.17) is 4.74 Å². The number of alkyl carbamates (subject to hydrolysis) is 1. The molecule has 3 amide bonds. The molecule has 0 radical (unpaired) electrons. The van der Waals surface area contributed by atoms with Crippen molar-refractivity contribution < 1.29 is 19.1 Å². The molecule has 1 rings (SSSR count). The number of rotatable bonds is 10. The van der Waals surface area contributed by atoms with Crippen LogP contribution in [0.15, 0.2) is 18.2 Å². The SMILES string of the molecule is CCCCCNC(=O)C(c1ccc(C)cc1C)N(CC#N)C(=O)C(C)NC(=O)OC(C)(C)C. The molecule has 0 aromatic heterocycles. The van der Waals surface area contributed by atoms with Crippen molar-refractivity contribution in [2.24, 2.45) is 0 Å². The fraction of sp³-hybridized carbons (Fsp3) is 0.600. The summed E-state index contributed by atoms with van der Waals surface area (Å²) in [4.78, 5) is 40.0. The van der Waals surface area contributed by atoms with E-state index < -0.39 is 29.7 Å². The van der Waals surface area contributed by atoms with Gasteiger partial charge >= 0.3 is 6.09 Å². The number of nitrogens with zero attached hydrogens (tertiary/aromatic N) is 2. The van der Waals surface area contributed by atoms with Gasteiger partial charge in [0.05, 0.1) is 6.07 Å². The van der Waals surface area contributed by atoms with Crippen molar-refractivity contribution in [3.8, 4) is 6.07 Å². The van der Waals surface area contributed by atoms with Gasteiger partial charge in [-0.1, -0.05) is 43.5 Å². The Kier molecular flexibility index (Phi) is 10.9. The van der Waals surface area contributed by atoms with Gasteiger partial charge in [-0.25, -0.2) is 4.79 Å². The third kappa shape index (κ3) is 9.13. The first-order chi connectivity index (χ1) is 15.4. The second kappa shape index (κ2) is 12.8. The van der Waals surface area contributed by atoms with Crippen molar-refractivity contribution in [2.75, 3.05) is 13.1 Å². The number of amides is 3. The molecule has 0 aliphatic carbocycles. The Morgan fingerprint density at radius 3 is 2.39 bits per heavy atom. The lowest BCUT2D eigenvalue weighted by Gasteiger charge is -2.32. The molecule has 0 spiro atoms. The summed E-state index contributed by atoms with van der Waals surface area (Å²) in [6.45, 7) is 12.7. The number of nitrogens with one attached hydrogen (secondary N) is 2. The van der Waals surface area contributed by atoms with Crippen molar-refractivity contribution in [1.82, 2.24) is 15.5 Å². The van der Waals surface area contributed by atoms with E-state index in [-0.39, 0.29) is 12.5 Å². The van der Waals surface area contributed by atoms with E-state index in [2.05, 4.69) is 17.6 Å². The monoisotopic (exact) mass is 458 g/mol. The third-order valence-corrected chi connectivity index (χ3v) is 4.99. The second-order valence-corrected chi connectivity index (χ2v) is 9.25. The molecular formula is C25H38N4O4. The average Bonchev–Trinajstić information content (AvgIpc) is 2.70. The van der Waals surface area contributed by atoms with Gasteiger partial charge in [-0.05, 0) is 59.1 Å². The molecule has 0 aliphatic rings. The zero-order valence-electron chi connectivity index (χ0n) is 20.9. The smallest absolute Gasteiger partial charge is 0.408 e. The highest BCUT2D eigenvalue weighted by Gasteiger charge is 2.35. The number of benzene rings is 1. The number of hydrogen-bond acceptors (Lipinski definition) is 5. The molecule has 0 fully saturated rings. The largest absolute Gasteiger partial charge is 0.444 e. The normalized spacial score (nSPS) is 12.8. The molecular weight excluding hydrogens is 420 g/mol. The maximum atomic E-state index is 13.3. The molecule has 0 saturated carbocycles. The molecule has 0 heterocycles. The first kappa shape index (κ1) is 28.0. The van der Waals surface area contributed by atoms with E-state index >= 15 is 0 Å². The molecule has 33 heavy (non-hydrogen) atoms. The van der Waals surface area contributed by atoms with Crippen LogP contribution in [0.1, 0.15) is 76.6 Å². The van der Waals surface area contributed by atoms with Crippen molar-refractivity contribution in [2.45, 2.75) is 85.4 Å². The average molecular weight is 459 g/mol. The van der Waals surface area contributed by atoms with Gasteiger partial charge in [0.25, 0.3) is 0 Å². The van der Waals surface area contributed by atoms with Crippen LogP contribution in [-0.2, 0) is 14.3 Å². The van der Waals surface area contributed by atoms with Crippen molar-refractivity contribution in [3.05, 3.63) is 34.9 Å². The summed E-state index contributed by atoms with van der Waals surface area (Å²) in [6.07, 6.45) is 2.08. The van der Waals surface area contributed by atoms with Gasteiger partial charge in [-0.15, -0.1) is 0 Å². The standard InChI is InChI=1S/C25H38N4O4/c1-8-9-10-14-27-22(30)21(20-12-11-17(2)16-18(20)3)29(15-13-26)23(31)19(4)28-24(32)33-25(5,6)7/h11-12,16,19,21H,8-10,14-15H2,1-7H3,(H,27,30)(H,28,32). The van der Waals surface area contributed by atoms with Gasteiger partial charge in [0.15, 0.2) is 0 Å². The molecule has 2 unspecified atom stereocenters. The number of aryl methyl sites for hydroxylation is 2. The molecule has 0 bridgehead atoms. The van der Waals surface area contributed by atoms with E-state index in [1.54, 1.807) is 20.8 Å². The lowest BCUT2D eigenvalue weighted by atomic mass is 9.96. The summed E-state index contributed by atoms with van der Waals surface area (Å²) in [5.74, 6) is -0.901. The Morgan fingerprint density at radius 2 is 1.85 bits per heavy atom. The Balaban J connectivity index is 3.25. The molecule has 2 atom stereocenters. The minimum atomic E-state index is -0.998. The van der Waals surface area contributed by atoms with E-state index in [1.165, 1.54) is 11.8 Å². The lowest BCUT2D eigenvalue weighted by molar-refractivity contribution is -0.141. The number of ether oxygens (including phenoxy) is 1. The predicted molar refractivity (Wildman–Crippen MR) is 127 cm³/mol. The van der Waals surface area contributed by atoms with Crippen molar-refractivity contribution >= 4 is 17.9 Å². The Hall–Kier alpha value is -3.08.